The van der Waals surface area contributed by atoms with Crippen LogP contribution in [0.5, 0.6) is 0 Å². The zero-order chi connectivity index (χ0) is 53.6. The summed E-state index contributed by atoms with van der Waals surface area (Å²) in [5.74, 6) is 1.21. The average molecular weight is 1020 g/mol. The fourth-order valence-electron chi connectivity index (χ4n) is 12.3. The van der Waals surface area contributed by atoms with Gasteiger partial charge in [0, 0.05) is 49.4 Å². The first-order valence-corrected chi connectivity index (χ1v) is 26.2. The van der Waals surface area contributed by atoms with Gasteiger partial charge in [0.05, 0.1) is 39.0 Å². The van der Waals surface area contributed by atoms with Crippen LogP contribution in [0.3, 0.4) is 0 Å². The minimum atomic E-state index is -4.78. The number of hydrogen-bond acceptors (Lipinski definition) is 3. The number of nitrogens with zero attached hydrogens (tertiary/aromatic N) is 5. The van der Waals surface area contributed by atoms with Crippen molar-refractivity contribution in [2.75, 3.05) is 0 Å². The maximum Gasteiger partial charge on any atom is 0.417 e. The molecular weight excluding hydrogens is 968 g/mol. The Morgan fingerprint density at radius 2 is 0.731 bits per heavy atom. The van der Waals surface area contributed by atoms with Gasteiger partial charge < -0.3 is 9.13 Å². The molecule has 0 N–H and O–H groups in total. The predicted octanol–water partition coefficient (Wildman–Crippen LogP) is 18.9. The number of alkyl halides is 3. The maximum absolute atomic E-state index is 16.5. The molecule has 10 aromatic carbocycles. The van der Waals surface area contributed by atoms with Gasteiger partial charge in [0.2, 0.25) is 0 Å². The van der Waals surface area contributed by atoms with Crippen molar-refractivity contribution in [2.24, 2.45) is 0 Å². The van der Waals surface area contributed by atoms with Crippen molar-refractivity contribution < 1.29 is 13.2 Å². The molecule has 13 rings (SSSR count). The van der Waals surface area contributed by atoms with Crippen molar-refractivity contribution in [3.8, 4) is 78.9 Å². The van der Waals surface area contributed by atoms with Crippen molar-refractivity contribution in [3.05, 3.63) is 245 Å². The van der Waals surface area contributed by atoms with E-state index in [1.807, 2.05) is 120 Å². The lowest BCUT2D eigenvalue weighted by Gasteiger charge is -2.23. The lowest BCUT2D eigenvalue weighted by Crippen LogP contribution is -2.11. The zero-order valence-corrected chi connectivity index (χ0v) is 44.0. The highest BCUT2D eigenvalue weighted by Gasteiger charge is 2.37. The van der Waals surface area contributed by atoms with Crippen LogP contribution in [0.1, 0.15) is 38.9 Å². The van der Waals surface area contributed by atoms with E-state index in [1.54, 1.807) is 0 Å². The molecule has 8 heteroatoms. The SMILES string of the molecule is Cc1cc(C)c(-c2ccc3c(c2)c2ccccc2n3-c2ccc(-c3nc(-c4ccccc4)nc(-c4ccccc4)n3)cc2-c2c(-n3c4ccccc4c4cc(-c5c(C)cc(C)cc5C)ccc43)cccc2C(F)(F)F)c(C)c1. The molecule has 13 aromatic rings. The molecule has 0 saturated heterocycles. The maximum atomic E-state index is 16.5. The number of rotatable bonds is 8. The van der Waals surface area contributed by atoms with Crippen LogP contribution < -0.4 is 0 Å². The lowest BCUT2D eigenvalue weighted by atomic mass is 9.92. The lowest BCUT2D eigenvalue weighted by molar-refractivity contribution is -0.137. The summed E-state index contributed by atoms with van der Waals surface area (Å²) in [6.07, 6.45) is -4.78. The third-order valence-corrected chi connectivity index (χ3v) is 15.3. The number of aryl methyl sites for hydroxylation is 6. The Hall–Kier alpha value is -9.40. The summed E-state index contributed by atoms with van der Waals surface area (Å²) < 4.78 is 53.5. The Balaban J connectivity index is 1.13. The van der Waals surface area contributed by atoms with Crippen molar-refractivity contribution in [2.45, 2.75) is 47.7 Å². The molecule has 0 radical (unpaired) electrons. The standard InChI is InChI=1S/C70H52F3N5/c1-41-34-43(3)64(44(4)35-41)49-28-31-60-54(38-49)52-22-13-15-25-58(52)77(60)62-33-30-51(69-75-67(47-18-9-7-10-19-47)74-68(76-69)48-20-11-8-12-21-48)40-56(62)66-57(70(71,72)73)24-17-27-63(66)78-59-26-16-14-23-53(59)55-39-50(29-32-61(55)78)65-45(5)36-42(2)37-46(65)6/h7-40H,1-6H3. The second-order valence-electron chi connectivity index (χ2n) is 20.7. The summed E-state index contributed by atoms with van der Waals surface area (Å²) in [5.41, 5.74) is 17.4. The molecule has 0 fully saturated rings. The van der Waals surface area contributed by atoms with Gasteiger partial charge in [0.1, 0.15) is 0 Å². The zero-order valence-electron chi connectivity index (χ0n) is 44.0. The molecule has 378 valence electrons. The largest absolute Gasteiger partial charge is 0.417 e. The highest BCUT2D eigenvalue weighted by molar-refractivity contribution is 6.13. The van der Waals surface area contributed by atoms with E-state index in [2.05, 4.69) is 125 Å². The highest BCUT2D eigenvalue weighted by atomic mass is 19.4. The molecule has 5 nitrogen and oxygen atoms in total. The van der Waals surface area contributed by atoms with Crippen LogP contribution in [0, 0.1) is 41.5 Å². The molecule has 78 heavy (non-hydrogen) atoms. The summed E-state index contributed by atoms with van der Waals surface area (Å²) in [6, 6.07) is 67.5. The van der Waals surface area contributed by atoms with Crippen LogP contribution in [-0.2, 0) is 6.18 Å². The van der Waals surface area contributed by atoms with Crippen molar-refractivity contribution in [1.82, 2.24) is 24.1 Å². The Bertz CT molecular complexity index is 4440. The third kappa shape index (κ3) is 8.14. The monoisotopic (exact) mass is 1020 g/mol. The van der Waals surface area contributed by atoms with Crippen molar-refractivity contribution in [3.63, 3.8) is 0 Å². The minimum absolute atomic E-state index is 0.0212. The van der Waals surface area contributed by atoms with E-state index in [4.69, 9.17) is 15.0 Å². The molecule has 3 aromatic heterocycles. The summed E-state index contributed by atoms with van der Waals surface area (Å²) in [6.45, 7) is 12.8. The Morgan fingerprint density at radius 1 is 0.321 bits per heavy atom. The minimum Gasteiger partial charge on any atom is -0.309 e. The van der Waals surface area contributed by atoms with E-state index in [9.17, 15) is 0 Å². The molecule has 0 unspecified atom stereocenters. The summed E-state index contributed by atoms with van der Waals surface area (Å²) in [4.78, 5) is 15.2. The number of hydrogen-bond donors (Lipinski definition) is 0. The Kier molecular flexibility index (Phi) is 11.6. The molecule has 0 aliphatic heterocycles. The third-order valence-electron chi connectivity index (χ3n) is 15.3. The van der Waals surface area contributed by atoms with Crippen LogP contribution in [0.4, 0.5) is 13.2 Å². The molecule has 0 amide bonds. The summed E-state index contributed by atoms with van der Waals surface area (Å²) in [5, 5.41) is 3.82. The Labute approximate surface area is 450 Å². The predicted molar refractivity (Wildman–Crippen MR) is 315 cm³/mol. The van der Waals surface area contributed by atoms with Gasteiger partial charge in [0.25, 0.3) is 0 Å². The molecule has 0 atom stereocenters. The van der Waals surface area contributed by atoms with Gasteiger partial charge in [-0.2, -0.15) is 13.2 Å². The van der Waals surface area contributed by atoms with Crippen molar-refractivity contribution >= 4 is 43.6 Å². The van der Waals surface area contributed by atoms with Crippen LogP contribution >= 0.6 is 0 Å². The van der Waals surface area contributed by atoms with Gasteiger partial charge in [0.15, 0.2) is 17.5 Å². The van der Waals surface area contributed by atoms with Gasteiger partial charge in [-0.05, 0) is 153 Å². The van der Waals surface area contributed by atoms with E-state index < -0.39 is 11.7 Å². The summed E-state index contributed by atoms with van der Waals surface area (Å²) >= 11 is 0. The number of benzene rings is 10. The number of fused-ring (bicyclic) bond motifs is 6. The van der Waals surface area contributed by atoms with Crippen LogP contribution in [0.15, 0.2) is 206 Å². The van der Waals surface area contributed by atoms with E-state index in [0.29, 0.717) is 40.0 Å². The van der Waals surface area contributed by atoms with Gasteiger partial charge in [-0.3, -0.25) is 0 Å². The number of halogens is 3. The molecule has 0 aliphatic rings. The average Bonchev–Trinajstić information content (AvgIpc) is 4.15. The van der Waals surface area contributed by atoms with Gasteiger partial charge in [-0.25, -0.2) is 15.0 Å². The molecule has 3 heterocycles. The van der Waals surface area contributed by atoms with Gasteiger partial charge in [-0.15, -0.1) is 0 Å². The molecular formula is C70H52F3N5. The Morgan fingerprint density at radius 3 is 1.21 bits per heavy atom. The molecule has 0 spiro atoms. The highest BCUT2D eigenvalue weighted by Crippen LogP contribution is 2.48. The number of aromatic nitrogens is 5. The van der Waals surface area contributed by atoms with E-state index in [-0.39, 0.29) is 5.56 Å². The normalized spacial score (nSPS) is 11.9. The molecule has 0 aliphatic carbocycles. The van der Waals surface area contributed by atoms with E-state index in [1.165, 1.54) is 34.4 Å². The second-order valence-corrected chi connectivity index (χ2v) is 20.7. The van der Waals surface area contributed by atoms with Crippen molar-refractivity contribution in [1.29, 1.82) is 0 Å². The van der Waals surface area contributed by atoms with Gasteiger partial charge in [-0.1, -0.05) is 151 Å². The first-order chi connectivity index (χ1) is 37.8. The molecule has 0 saturated carbocycles. The quantitative estimate of drug-likeness (QED) is 0.152. The topological polar surface area (TPSA) is 48.5 Å². The first kappa shape index (κ1) is 48.3. The van der Waals surface area contributed by atoms with Crippen LogP contribution in [-0.4, -0.2) is 24.1 Å². The second kappa shape index (κ2) is 18.7. The smallest absolute Gasteiger partial charge is 0.309 e. The number of para-hydroxylation sites is 2. The first-order valence-electron chi connectivity index (χ1n) is 26.2. The van der Waals surface area contributed by atoms with Crippen LogP contribution in [0.25, 0.3) is 123 Å². The van der Waals surface area contributed by atoms with E-state index in [0.717, 1.165) is 88.1 Å². The fraction of sp³-hybridized carbons (Fsp3) is 0.100. The summed E-state index contributed by atoms with van der Waals surface area (Å²) in [7, 11) is 0. The van der Waals surface area contributed by atoms with E-state index >= 15 is 13.2 Å². The fourth-order valence-corrected chi connectivity index (χ4v) is 12.3. The molecule has 0 bridgehead atoms. The van der Waals surface area contributed by atoms with Gasteiger partial charge >= 0.3 is 6.18 Å². The van der Waals surface area contributed by atoms with Crippen LogP contribution in [0.2, 0.25) is 0 Å².